The first-order valence-corrected chi connectivity index (χ1v) is 10.1. The third kappa shape index (κ3) is 4.12. The van der Waals surface area contributed by atoms with Crippen LogP contribution in [0.2, 0.25) is 0 Å². The van der Waals surface area contributed by atoms with Crippen LogP contribution < -0.4 is 9.47 Å². The van der Waals surface area contributed by atoms with Crippen LogP contribution in [0.15, 0.2) is 72.8 Å². The molecule has 5 nitrogen and oxygen atoms in total. The lowest BCUT2D eigenvalue weighted by Crippen LogP contribution is -2.17. The van der Waals surface area contributed by atoms with E-state index in [0.717, 1.165) is 44.8 Å². The van der Waals surface area contributed by atoms with Gasteiger partial charge in [0.1, 0.15) is 11.5 Å². The molecule has 31 heavy (non-hydrogen) atoms. The highest BCUT2D eigenvalue weighted by Crippen LogP contribution is 2.39. The molecule has 3 aromatic carbocycles. The molecule has 0 aliphatic heterocycles. The molecule has 4 aromatic rings. The second-order valence-corrected chi connectivity index (χ2v) is 7.32. The van der Waals surface area contributed by atoms with Gasteiger partial charge in [-0.15, -0.1) is 0 Å². The summed E-state index contributed by atoms with van der Waals surface area (Å²) in [5.74, 6) is 0.752. The largest absolute Gasteiger partial charge is 0.497 e. The van der Waals surface area contributed by atoms with Gasteiger partial charge in [0.05, 0.1) is 32.9 Å². The Morgan fingerprint density at radius 1 is 0.871 bits per heavy atom. The zero-order chi connectivity index (χ0) is 21.8. The number of aromatic amines is 1. The van der Waals surface area contributed by atoms with Gasteiger partial charge < -0.3 is 19.2 Å². The predicted molar refractivity (Wildman–Crippen MR) is 122 cm³/mol. The Morgan fingerprint density at radius 2 is 1.55 bits per heavy atom. The van der Waals surface area contributed by atoms with Crippen LogP contribution in [-0.2, 0) is 16.0 Å². The zero-order valence-corrected chi connectivity index (χ0v) is 17.8. The van der Waals surface area contributed by atoms with Crippen molar-refractivity contribution in [1.82, 2.24) is 4.98 Å². The summed E-state index contributed by atoms with van der Waals surface area (Å²) in [5, 5.41) is 0.941. The highest BCUT2D eigenvalue weighted by molar-refractivity contribution is 5.97. The quantitative estimate of drug-likeness (QED) is 0.413. The van der Waals surface area contributed by atoms with Crippen molar-refractivity contribution in [3.8, 4) is 22.8 Å². The second kappa shape index (κ2) is 8.96. The van der Waals surface area contributed by atoms with Crippen molar-refractivity contribution in [1.29, 1.82) is 0 Å². The number of hydrogen-bond acceptors (Lipinski definition) is 4. The van der Waals surface area contributed by atoms with E-state index in [9.17, 15) is 4.79 Å². The molecule has 158 valence electrons. The van der Waals surface area contributed by atoms with E-state index in [1.807, 2.05) is 72.8 Å². The predicted octanol–water partition coefficient (Wildman–Crippen LogP) is 5.35. The average Bonchev–Trinajstić information content (AvgIpc) is 3.21. The number of aromatic nitrogens is 1. The molecule has 0 fully saturated rings. The first-order chi connectivity index (χ1) is 15.1. The van der Waals surface area contributed by atoms with Crippen LogP contribution in [-0.4, -0.2) is 32.3 Å². The summed E-state index contributed by atoms with van der Waals surface area (Å²) < 4.78 is 16.0. The number of methoxy groups -OCH3 is 3. The SMILES string of the molecule is COC(=O)C(Cc1ccccc1)c1c(-c2ccc(OC)cc2)[nH]c2ccc(OC)cc12. The number of carbonyl (C=O) groups is 1. The normalized spacial score (nSPS) is 11.8. The summed E-state index contributed by atoms with van der Waals surface area (Å²) in [7, 11) is 4.71. The number of nitrogens with one attached hydrogen (secondary N) is 1. The fourth-order valence-corrected chi connectivity index (χ4v) is 3.96. The Morgan fingerprint density at radius 3 is 2.19 bits per heavy atom. The first-order valence-electron chi connectivity index (χ1n) is 10.1. The standard InChI is InChI=1S/C26H25NO4/c1-29-19-11-9-18(10-12-19)25-24(21-16-20(30-2)13-14-23(21)27-25)22(26(28)31-3)15-17-7-5-4-6-8-17/h4-14,16,22,27H,15H2,1-3H3. The minimum atomic E-state index is -0.481. The molecular formula is C26H25NO4. The number of rotatable bonds is 7. The van der Waals surface area contributed by atoms with Gasteiger partial charge in [-0.25, -0.2) is 0 Å². The summed E-state index contributed by atoms with van der Waals surface area (Å²) in [6.07, 6.45) is 0.529. The van der Waals surface area contributed by atoms with Crippen molar-refractivity contribution in [3.63, 3.8) is 0 Å². The molecule has 1 unspecified atom stereocenters. The molecule has 0 spiro atoms. The average molecular weight is 415 g/mol. The molecule has 0 saturated heterocycles. The molecule has 0 aliphatic carbocycles. The lowest BCUT2D eigenvalue weighted by atomic mass is 9.88. The Bertz CT molecular complexity index is 1180. The fourth-order valence-electron chi connectivity index (χ4n) is 3.96. The lowest BCUT2D eigenvalue weighted by molar-refractivity contribution is -0.142. The van der Waals surface area contributed by atoms with Crippen LogP contribution in [0.1, 0.15) is 17.0 Å². The maximum atomic E-state index is 13.0. The summed E-state index contributed by atoms with van der Waals surface area (Å²) in [5.41, 5.74) is 4.75. The van der Waals surface area contributed by atoms with E-state index in [4.69, 9.17) is 14.2 Å². The number of carbonyl (C=O) groups excluding carboxylic acids is 1. The third-order valence-corrected chi connectivity index (χ3v) is 5.54. The minimum Gasteiger partial charge on any atom is -0.497 e. The molecule has 1 aromatic heterocycles. The number of H-pyrrole nitrogens is 1. The summed E-state index contributed by atoms with van der Waals surface area (Å²) in [6, 6.07) is 23.6. The zero-order valence-electron chi connectivity index (χ0n) is 17.8. The van der Waals surface area contributed by atoms with Crippen LogP contribution in [0, 0.1) is 0 Å². The van der Waals surface area contributed by atoms with Crippen molar-refractivity contribution in [3.05, 3.63) is 83.9 Å². The van der Waals surface area contributed by atoms with Crippen LogP contribution in [0.5, 0.6) is 11.5 Å². The van der Waals surface area contributed by atoms with E-state index in [2.05, 4.69) is 4.98 Å². The van der Waals surface area contributed by atoms with Gasteiger partial charge in [-0.1, -0.05) is 30.3 Å². The molecule has 5 heteroatoms. The Balaban J connectivity index is 1.93. The minimum absolute atomic E-state index is 0.276. The summed E-state index contributed by atoms with van der Waals surface area (Å²) >= 11 is 0. The van der Waals surface area contributed by atoms with Crippen LogP contribution in [0.25, 0.3) is 22.2 Å². The van der Waals surface area contributed by atoms with Gasteiger partial charge in [0, 0.05) is 16.5 Å². The van der Waals surface area contributed by atoms with Gasteiger partial charge in [0.25, 0.3) is 0 Å². The van der Waals surface area contributed by atoms with E-state index in [1.54, 1.807) is 14.2 Å². The Labute approximate surface area is 181 Å². The van der Waals surface area contributed by atoms with Gasteiger partial charge in [-0.3, -0.25) is 4.79 Å². The highest BCUT2D eigenvalue weighted by Gasteiger charge is 2.29. The van der Waals surface area contributed by atoms with Crippen molar-refractivity contribution >= 4 is 16.9 Å². The monoisotopic (exact) mass is 415 g/mol. The molecule has 1 heterocycles. The van der Waals surface area contributed by atoms with Crippen molar-refractivity contribution < 1.29 is 19.0 Å². The van der Waals surface area contributed by atoms with Gasteiger partial charge >= 0.3 is 5.97 Å². The third-order valence-electron chi connectivity index (χ3n) is 5.54. The molecule has 1 N–H and O–H groups in total. The maximum Gasteiger partial charge on any atom is 0.313 e. The van der Waals surface area contributed by atoms with E-state index < -0.39 is 5.92 Å². The van der Waals surface area contributed by atoms with Gasteiger partial charge in [0.15, 0.2) is 0 Å². The molecule has 4 rings (SSSR count). The molecule has 0 saturated carbocycles. The van der Waals surface area contributed by atoms with E-state index in [-0.39, 0.29) is 5.97 Å². The number of ether oxygens (including phenoxy) is 3. The van der Waals surface area contributed by atoms with Crippen LogP contribution in [0.4, 0.5) is 0 Å². The highest BCUT2D eigenvalue weighted by atomic mass is 16.5. The molecule has 0 aliphatic rings. The molecular weight excluding hydrogens is 390 g/mol. The molecule has 0 amide bonds. The van der Waals surface area contributed by atoms with Crippen LogP contribution >= 0.6 is 0 Å². The van der Waals surface area contributed by atoms with Gasteiger partial charge in [-0.2, -0.15) is 0 Å². The van der Waals surface area contributed by atoms with Crippen molar-refractivity contribution in [2.24, 2.45) is 0 Å². The Hall–Kier alpha value is -3.73. The molecule has 0 radical (unpaired) electrons. The van der Waals surface area contributed by atoms with Crippen molar-refractivity contribution in [2.75, 3.05) is 21.3 Å². The lowest BCUT2D eigenvalue weighted by Gasteiger charge is -2.17. The van der Waals surface area contributed by atoms with Gasteiger partial charge in [0.2, 0.25) is 0 Å². The second-order valence-electron chi connectivity index (χ2n) is 7.32. The van der Waals surface area contributed by atoms with E-state index >= 15 is 0 Å². The smallest absolute Gasteiger partial charge is 0.313 e. The maximum absolute atomic E-state index is 13.0. The van der Waals surface area contributed by atoms with Gasteiger partial charge in [-0.05, 0) is 60.0 Å². The molecule has 0 bridgehead atoms. The number of fused-ring (bicyclic) bond motifs is 1. The number of esters is 1. The van der Waals surface area contributed by atoms with E-state index in [0.29, 0.717) is 6.42 Å². The summed E-state index contributed by atoms with van der Waals surface area (Å²) in [4.78, 5) is 16.5. The van der Waals surface area contributed by atoms with Crippen LogP contribution in [0.3, 0.4) is 0 Å². The summed E-state index contributed by atoms with van der Waals surface area (Å²) in [6.45, 7) is 0. The number of benzene rings is 3. The number of hydrogen-bond donors (Lipinski definition) is 1. The fraction of sp³-hybridized carbons (Fsp3) is 0.192. The molecule has 1 atom stereocenters. The topological polar surface area (TPSA) is 60.5 Å². The van der Waals surface area contributed by atoms with Crippen molar-refractivity contribution in [2.45, 2.75) is 12.3 Å². The Kier molecular flexibility index (Phi) is 5.94. The van der Waals surface area contributed by atoms with E-state index in [1.165, 1.54) is 7.11 Å². The first kappa shape index (κ1) is 20.5.